The first kappa shape index (κ1) is 16.9. The van der Waals surface area contributed by atoms with Crippen LogP contribution in [0.5, 0.6) is 0 Å². The summed E-state index contributed by atoms with van der Waals surface area (Å²) < 4.78 is 26.1. The van der Waals surface area contributed by atoms with Crippen LogP contribution < -0.4 is 5.32 Å². The summed E-state index contributed by atoms with van der Waals surface area (Å²) in [6.07, 6.45) is 2.33. The molecule has 1 aliphatic rings. The summed E-state index contributed by atoms with van der Waals surface area (Å²) in [6.45, 7) is 3.57. The Kier molecular flexibility index (Phi) is 5.54. The zero-order valence-corrected chi connectivity index (χ0v) is 13.4. The average Bonchev–Trinajstić information content (AvgIpc) is 2.48. The van der Waals surface area contributed by atoms with Crippen LogP contribution in [0.4, 0.5) is 8.78 Å². The van der Waals surface area contributed by atoms with Gasteiger partial charge in [-0.25, -0.2) is 8.78 Å². The minimum atomic E-state index is -2.51. The molecule has 0 aromatic heterocycles. The zero-order valence-electron chi connectivity index (χ0n) is 13.4. The number of nitrogens with one attached hydrogen (secondary N) is 1. The fourth-order valence-electron chi connectivity index (χ4n) is 3.16. The molecule has 1 aromatic rings. The molecule has 22 heavy (non-hydrogen) atoms. The van der Waals surface area contributed by atoms with E-state index in [2.05, 4.69) is 5.32 Å². The first-order chi connectivity index (χ1) is 10.4. The number of rotatable bonds is 5. The van der Waals surface area contributed by atoms with Crippen LogP contribution in [0.3, 0.4) is 0 Å². The lowest BCUT2D eigenvalue weighted by molar-refractivity contribution is -0.128. The minimum Gasteiger partial charge on any atom is -0.353 e. The van der Waals surface area contributed by atoms with Gasteiger partial charge in [0, 0.05) is 12.5 Å². The first-order valence-corrected chi connectivity index (χ1v) is 8.08. The molecule has 0 heterocycles. The predicted octanol–water partition coefficient (Wildman–Crippen LogP) is 4.36. The molecule has 0 spiro atoms. The molecule has 4 heteroatoms. The Morgan fingerprint density at radius 1 is 1.23 bits per heavy atom. The van der Waals surface area contributed by atoms with Crippen LogP contribution in [0.15, 0.2) is 24.3 Å². The number of halogens is 2. The van der Waals surface area contributed by atoms with Gasteiger partial charge in [0.05, 0.1) is 5.41 Å². The monoisotopic (exact) mass is 309 g/mol. The quantitative estimate of drug-likeness (QED) is 0.860. The molecular formula is C18H25F2NO. The molecule has 0 aliphatic heterocycles. The summed E-state index contributed by atoms with van der Waals surface area (Å²) in [7, 11) is 0. The van der Waals surface area contributed by atoms with Gasteiger partial charge in [-0.2, -0.15) is 0 Å². The van der Waals surface area contributed by atoms with Crippen LogP contribution in [0.2, 0.25) is 0 Å². The van der Waals surface area contributed by atoms with Crippen molar-refractivity contribution >= 4 is 5.91 Å². The summed E-state index contributed by atoms with van der Waals surface area (Å²) >= 11 is 0. The van der Waals surface area contributed by atoms with E-state index in [0.29, 0.717) is 5.56 Å². The standard InChI is InChI=1S/C18H25F2NO/c1-13-8-10-14(11-9-13)18(2,12-16(19)20)17(22)21-15-6-4-3-5-7-15/h8-11,15-16H,3-7,12H2,1-2H3,(H,21,22). The molecule has 1 aliphatic carbocycles. The molecule has 0 bridgehead atoms. The second kappa shape index (κ2) is 7.21. The predicted molar refractivity (Wildman–Crippen MR) is 84.2 cm³/mol. The van der Waals surface area contributed by atoms with Gasteiger partial charge in [0.1, 0.15) is 0 Å². The van der Waals surface area contributed by atoms with Crippen molar-refractivity contribution in [3.05, 3.63) is 35.4 Å². The summed E-state index contributed by atoms with van der Waals surface area (Å²) in [5.41, 5.74) is 0.529. The van der Waals surface area contributed by atoms with Gasteiger partial charge in [-0.05, 0) is 32.3 Å². The summed E-state index contributed by atoms with van der Waals surface area (Å²) in [4.78, 5) is 12.7. The van der Waals surface area contributed by atoms with Crippen LogP contribution in [0.25, 0.3) is 0 Å². The Hall–Kier alpha value is -1.45. The lowest BCUT2D eigenvalue weighted by atomic mass is 9.78. The van der Waals surface area contributed by atoms with Gasteiger partial charge in [-0.15, -0.1) is 0 Å². The normalized spacial score (nSPS) is 19.0. The van der Waals surface area contributed by atoms with E-state index in [1.165, 1.54) is 6.42 Å². The molecule has 1 amide bonds. The number of benzene rings is 1. The number of carbonyl (C=O) groups is 1. The van der Waals surface area contributed by atoms with Crippen molar-refractivity contribution in [3.8, 4) is 0 Å². The number of alkyl halides is 2. The number of carbonyl (C=O) groups excluding carboxylic acids is 1. The van der Waals surface area contributed by atoms with Crippen molar-refractivity contribution in [2.45, 2.75) is 70.3 Å². The van der Waals surface area contributed by atoms with E-state index < -0.39 is 18.3 Å². The van der Waals surface area contributed by atoms with Gasteiger partial charge >= 0.3 is 0 Å². The Bertz CT molecular complexity index is 494. The third-order valence-corrected chi connectivity index (χ3v) is 4.69. The molecule has 1 atom stereocenters. The van der Waals surface area contributed by atoms with Gasteiger partial charge in [0.15, 0.2) is 0 Å². The van der Waals surface area contributed by atoms with E-state index in [0.717, 1.165) is 31.2 Å². The highest BCUT2D eigenvalue weighted by Gasteiger charge is 2.38. The maximum Gasteiger partial charge on any atom is 0.240 e. The van der Waals surface area contributed by atoms with Gasteiger partial charge in [0.25, 0.3) is 0 Å². The van der Waals surface area contributed by atoms with Crippen molar-refractivity contribution in [1.29, 1.82) is 0 Å². The maximum absolute atomic E-state index is 13.1. The third-order valence-electron chi connectivity index (χ3n) is 4.69. The Balaban J connectivity index is 2.19. The van der Waals surface area contributed by atoms with Crippen molar-refractivity contribution < 1.29 is 13.6 Å². The molecular weight excluding hydrogens is 284 g/mol. The van der Waals surface area contributed by atoms with Crippen LogP contribution >= 0.6 is 0 Å². The van der Waals surface area contributed by atoms with Crippen LogP contribution in [0, 0.1) is 6.92 Å². The van der Waals surface area contributed by atoms with Crippen LogP contribution in [-0.2, 0) is 10.2 Å². The largest absolute Gasteiger partial charge is 0.353 e. The number of aryl methyl sites for hydroxylation is 1. The molecule has 1 fully saturated rings. The van der Waals surface area contributed by atoms with Crippen molar-refractivity contribution in [2.75, 3.05) is 0 Å². The average molecular weight is 309 g/mol. The highest BCUT2D eigenvalue weighted by molar-refractivity contribution is 5.88. The van der Waals surface area contributed by atoms with Gasteiger partial charge in [-0.3, -0.25) is 4.79 Å². The zero-order chi connectivity index (χ0) is 16.2. The summed E-state index contributed by atoms with van der Waals surface area (Å²) in [5, 5.41) is 3.01. The lowest BCUT2D eigenvalue weighted by Gasteiger charge is -2.32. The van der Waals surface area contributed by atoms with Gasteiger partial charge < -0.3 is 5.32 Å². The topological polar surface area (TPSA) is 29.1 Å². The molecule has 0 saturated heterocycles. The second-order valence-electron chi connectivity index (χ2n) is 6.60. The number of hydrogen-bond acceptors (Lipinski definition) is 1. The molecule has 0 radical (unpaired) electrons. The molecule has 2 rings (SSSR count). The van der Waals surface area contributed by atoms with E-state index in [1.54, 1.807) is 19.1 Å². The molecule has 2 nitrogen and oxygen atoms in total. The van der Waals surface area contributed by atoms with E-state index in [1.807, 2.05) is 19.1 Å². The van der Waals surface area contributed by atoms with Crippen molar-refractivity contribution in [3.63, 3.8) is 0 Å². The highest BCUT2D eigenvalue weighted by Crippen LogP contribution is 2.32. The van der Waals surface area contributed by atoms with E-state index in [9.17, 15) is 13.6 Å². The van der Waals surface area contributed by atoms with E-state index in [4.69, 9.17) is 0 Å². The fraction of sp³-hybridized carbons (Fsp3) is 0.611. The van der Waals surface area contributed by atoms with Crippen molar-refractivity contribution in [2.24, 2.45) is 0 Å². The maximum atomic E-state index is 13.1. The molecule has 1 unspecified atom stereocenters. The minimum absolute atomic E-state index is 0.128. The van der Waals surface area contributed by atoms with Gasteiger partial charge in [0.2, 0.25) is 12.3 Å². The molecule has 1 saturated carbocycles. The molecule has 1 aromatic carbocycles. The molecule has 1 N–H and O–H groups in total. The van der Waals surface area contributed by atoms with Crippen LogP contribution in [-0.4, -0.2) is 18.4 Å². The van der Waals surface area contributed by atoms with Crippen LogP contribution in [0.1, 0.15) is 56.6 Å². The smallest absolute Gasteiger partial charge is 0.240 e. The Morgan fingerprint density at radius 2 is 1.82 bits per heavy atom. The summed E-state index contributed by atoms with van der Waals surface area (Å²) in [6, 6.07) is 7.44. The number of hydrogen-bond donors (Lipinski definition) is 1. The van der Waals surface area contributed by atoms with E-state index >= 15 is 0 Å². The third kappa shape index (κ3) is 4.05. The van der Waals surface area contributed by atoms with Crippen molar-refractivity contribution in [1.82, 2.24) is 5.32 Å². The fourth-order valence-corrected chi connectivity index (χ4v) is 3.16. The summed E-state index contributed by atoms with van der Waals surface area (Å²) in [5.74, 6) is -0.274. The van der Waals surface area contributed by atoms with Gasteiger partial charge in [-0.1, -0.05) is 49.1 Å². The first-order valence-electron chi connectivity index (χ1n) is 8.08. The number of amides is 1. The Morgan fingerprint density at radius 3 is 2.36 bits per heavy atom. The van der Waals surface area contributed by atoms with E-state index in [-0.39, 0.29) is 11.9 Å². The Labute approximate surface area is 131 Å². The SMILES string of the molecule is Cc1ccc(C(C)(CC(F)F)C(=O)NC2CCCCC2)cc1. The molecule has 122 valence electrons. The second-order valence-corrected chi connectivity index (χ2v) is 6.60. The lowest BCUT2D eigenvalue weighted by Crippen LogP contribution is -2.48. The highest BCUT2D eigenvalue weighted by atomic mass is 19.3.